The van der Waals surface area contributed by atoms with Crippen molar-refractivity contribution in [2.75, 3.05) is 6.61 Å². The number of carbonyl (C=O) groups is 2. The Kier molecular flexibility index (Phi) is 7.33. The van der Waals surface area contributed by atoms with Crippen molar-refractivity contribution in [3.8, 4) is 5.75 Å². The number of hydrazone groups is 1. The van der Waals surface area contributed by atoms with Gasteiger partial charge in [0.1, 0.15) is 5.75 Å². The summed E-state index contributed by atoms with van der Waals surface area (Å²) in [7, 11) is 0. The Balaban J connectivity index is 1.31. The van der Waals surface area contributed by atoms with Gasteiger partial charge in [0.05, 0.1) is 16.4 Å². The third-order valence-electron chi connectivity index (χ3n) is 4.49. The summed E-state index contributed by atoms with van der Waals surface area (Å²) in [5.41, 5.74) is 5.61. The number of aromatic nitrogens is 1. The smallest absolute Gasteiger partial charge is 0.341 e. The number of carboxylic acids is 1. The van der Waals surface area contributed by atoms with Gasteiger partial charge in [0, 0.05) is 16.9 Å². The summed E-state index contributed by atoms with van der Waals surface area (Å²) in [4.78, 5) is 27.7. The van der Waals surface area contributed by atoms with Crippen LogP contribution in [0.25, 0.3) is 10.2 Å². The van der Waals surface area contributed by atoms with Crippen LogP contribution in [0.1, 0.15) is 21.5 Å². The highest BCUT2D eigenvalue weighted by Gasteiger charge is 2.08. The average molecular weight is 478 g/mol. The van der Waals surface area contributed by atoms with Crippen LogP contribution in [-0.4, -0.2) is 34.8 Å². The van der Waals surface area contributed by atoms with Gasteiger partial charge in [-0.15, -0.1) is 11.3 Å². The van der Waals surface area contributed by atoms with Crippen LogP contribution >= 0.6 is 23.1 Å². The maximum absolute atomic E-state index is 12.4. The number of thiazole rings is 1. The van der Waals surface area contributed by atoms with Crippen molar-refractivity contribution in [1.29, 1.82) is 0 Å². The van der Waals surface area contributed by atoms with Crippen molar-refractivity contribution < 1.29 is 19.4 Å². The minimum atomic E-state index is -1.07. The van der Waals surface area contributed by atoms with Crippen molar-refractivity contribution in [3.05, 3.63) is 89.5 Å². The van der Waals surface area contributed by atoms with E-state index in [2.05, 4.69) is 21.6 Å². The lowest BCUT2D eigenvalue weighted by Crippen LogP contribution is -2.17. The molecule has 0 aliphatic rings. The molecule has 0 fully saturated rings. The van der Waals surface area contributed by atoms with Crippen LogP contribution in [0.4, 0.5) is 0 Å². The van der Waals surface area contributed by atoms with E-state index in [1.165, 1.54) is 10.9 Å². The molecule has 3 aromatic carbocycles. The minimum absolute atomic E-state index is 0.347. The summed E-state index contributed by atoms with van der Waals surface area (Å²) in [6.07, 6.45) is 1.41. The number of para-hydroxylation sites is 2. The second-order valence-electron chi connectivity index (χ2n) is 6.85. The average Bonchev–Trinajstić information content (AvgIpc) is 3.25. The normalized spacial score (nSPS) is 11.0. The highest BCUT2D eigenvalue weighted by molar-refractivity contribution is 8.00. The Labute approximate surface area is 198 Å². The molecule has 0 saturated heterocycles. The second-order valence-corrected chi connectivity index (χ2v) is 9.11. The molecular formula is C24H19N3O4S2. The third kappa shape index (κ3) is 6.18. The molecule has 1 amide bonds. The molecule has 9 heteroatoms. The zero-order valence-corrected chi connectivity index (χ0v) is 18.9. The monoisotopic (exact) mass is 477 g/mol. The molecular weight excluding hydrogens is 458 g/mol. The molecule has 0 saturated carbocycles. The molecule has 7 nitrogen and oxygen atoms in total. The van der Waals surface area contributed by atoms with E-state index in [-0.39, 0.29) is 5.91 Å². The third-order valence-corrected chi connectivity index (χ3v) is 6.74. The number of amides is 1. The Bertz CT molecular complexity index is 1270. The number of rotatable bonds is 9. The molecule has 0 spiro atoms. The van der Waals surface area contributed by atoms with Gasteiger partial charge in [0.15, 0.2) is 10.9 Å². The number of carbonyl (C=O) groups excluding carboxylic acids is 1. The fourth-order valence-electron chi connectivity index (χ4n) is 2.89. The molecule has 166 valence electrons. The van der Waals surface area contributed by atoms with Crippen LogP contribution in [-0.2, 0) is 10.5 Å². The van der Waals surface area contributed by atoms with Gasteiger partial charge in [0.2, 0.25) is 0 Å². The van der Waals surface area contributed by atoms with Crippen LogP contribution in [0.3, 0.4) is 0 Å². The maximum Gasteiger partial charge on any atom is 0.341 e. The number of thioether (sulfide) groups is 1. The molecule has 4 aromatic rings. The number of nitrogens with one attached hydrogen (secondary N) is 1. The molecule has 0 bridgehead atoms. The molecule has 0 aliphatic heterocycles. The minimum Gasteiger partial charge on any atom is -0.481 e. The van der Waals surface area contributed by atoms with E-state index in [1.807, 2.05) is 30.3 Å². The van der Waals surface area contributed by atoms with E-state index in [0.717, 1.165) is 21.2 Å². The fraction of sp³-hybridized carbons (Fsp3) is 0.0833. The molecule has 0 aliphatic carbocycles. The Morgan fingerprint density at radius 2 is 1.82 bits per heavy atom. The van der Waals surface area contributed by atoms with E-state index in [0.29, 0.717) is 16.9 Å². The summed E-state index contributed by atoms with van der Waals surface area (Å²) >= 11 is 3.34. The molecule has 1 heterocycles. The number of hydrogen-bond donors (Lipinski definition) is 2. The van der Waals surface area contributed by atoms with Crippen LogP contribution in [0.15, 0.2) is 82.2 Å². The number of ether oxygens (including phenoxy) is 1. The summed E-state index contributed by atoms with van der Waals surface area (Å²) < 4.78 is 7.40. The van der Waals surface area contributed by atoms with E-state index in [4.69, 9.17) is 9.84 Å². The molecule has 0 radical (unpaired) electrons. The molecule has 1 aromatic heterocycles. The van der Waals surface area contributed by atoms with Gasteiger partial charge < -0.3 is 9.84 Å². The topological polar surface area (TPSA) is 101 Å². The van der Waals surface area contributed by atoms with E-state index in [9.17, 15) is 9.59 Å². The van der Waals surface area contributed by atoms with Gasteiger partial charge in [0.25, 0.3) is 5.91 Å². The van der Waals surface area contributed by atoms with Crippen molar-refractivity contribution >= 4 is 51.4 Å². The zero-order valence-electron chi connectivity index (χ0n) is 17.3. The first kappa shape index (κ1) is 22.5. The van der Waals surface area contributed by atoms with Gasteiger partial charge in [-0.25, -0.2) is 15.2 Å². The zero-order chi connectivity index (χ0) is 23.0. The maximum atomic E-state index is 12.4. The second kappa shape index (κ2) is 10.8. The predicted molar refractivity (Wildman–Crippen MR) is 130 cm³/mol. The number of hydrogen-bond acceptors (Lipinski definition) is 7. The van der Waals surface area contributed by atoms with Gasteiger partial charge >= 0.3 is 5.97 Å². The van der Waals surface area contributed by atoms with Gasteiger partial charge in [-0.2, -0.15) is 5.10 Å². The summed E-state index contributed by atoms with van der Waals surface area (Å²) in [5, 5.41) is 12.7. The summed E-state index contributed by atoms with van der Waals surface area (Å²) in [6.45, 7) is -0.458. The van der Waals surface area contributed by atoms with E-state index < -0.39 is 12.6 Å². The van der Waals surface area contributed by atoms with Gasteiger partial charge in [-0.05, 0) is 42.0 Å². The van der Waals surface area contributed by atoms with Gasteiger partial charge in [-0.3, -0.25) is 4.79 Å². The SMILES string of the molecule is O=C(O)COc1ccccc1C=NNC(=O)c1ccc(CSc2nc3ccccc3s2)cc1. The van der Waals surface area contributed by atoms with Crippen LogP contribution in [0.5, 0.6) is 5.75 Å². The van der Waals surface area contributed by atoms with E-state index in [1.54, 1.807) is 59.5 Å². The Morgan fingerprint density at radius 1 is 1.06 bits per heavy atom. The van der Waals surface area contributed by atoms with Crippen LogP contribution in [0, 0.1) is 0 Å². The lowest BCUT2D eigenvalue weighted by Gasteiger charge is -2.06. The number of nitrogens with zero attached hydrogens (tertiary/aromatic N) is 2. The lowest BCUT2D eigenvalue weighted by molar-refractivity contribution is -0.139. The largest absolute Gasteiger partial charge is 0.481 e. The Hall–Kier alpha value is -3.69. The van der Waals surface area contributed by atoms with E-state index >= 15 is 0 Å². The number of benzene rings is 3. The number of carboxylic acid groups (broad SMARTS) is 1. The van der Waals surface area contributed by atoms with Crippen LogP contribution in [0.2, 0.25) is 0 Å². The number of fused-ring (bicyclic) bond motifs is 1. The van der Waals surface area contributed by atoms with Crippen molar-refractivity contribution in [1.82, 2.24) is 10.4 Å². The summed E-state index contributed by atoms with van der Waals surface area (Å²) in [6, 6.07) is 22.2. The summed E-state index contributed by atoms with van der Waals surface area (Å²) in [5.74, 6) is -0.294. The predicted octanol–water partition coefficient (Wildman–Crippen LogP) is 4.82. The fourth-order valence-corrected chi connectivity index (χ4v) is 4.92. The van der Waals surface area contributed by atoms with Crippen molar-refractivity contribution in [3.63, 3.8) is 0 Å². The first-order valence-corrected chi connectivity index (χ1v) is 11.7. The standard InChI is InChI=1S/C24H19N3O4S2/c28-22(29)14-31-20-7-3-1-5-18(20)13-25-27-23(30)17-11-9-16(10-12-17)15-32-24-26-19-6-2-4-8-21(19)33-24/h1-13H,14-15H2,(H,27,30)(H,28,29). The molecule has 2 N–H and O–H groups in total. The van der Waals surface area contributed by atoms with Crippen molar-refractivity contribution in [2.24, 2.45) is 5.10 Å². The molecule has 0 unspecified atom stereocenters. The highest BCUT2D eigenvalue weighted by Crippen LogP contribution is 2.31. The lowest BCUT2D eigenvalue weighted by atomic mass is 10.1. The quantitative estimate of drug-likeness (QED) is 0.204. The Morgan fingerprint density at radius 3 is 2.61 bits per heavy atom. The molecule has 0 atom stereocenters. The molecule has 33 heavy (non-hydrogen) atoms. The van der Waals surface area contributed by atoms with Crippen LogP contribution < -0.4 is 10.2 Å². The first-order chi connectivity index (χ1) is 16.1. The molecule has 4 rings (SSSR count). The first-order valence-electron chi connectivity index (χ1n) is 9.93. The van der Waals surface area contributed by atoms with Crippen molar-refractivity contribution in [2.45, 2.75) is 10.1 Å². The number of aliphatic carboxylic acids is 1. The highest BCUT2D eigenvalue weighted by atomic mass is 32.2. The van der Waals surface area contributed by atoms with Gasteiger partial charge in [-0.1, -0.05) is 48.2 Å².